The standard InChI is InChI=1S/C21H28N2Se/c1-3-5-17-22(19-13-9-7-10-14-19)21(24)23(18-6-4-2)20-15-11-8-12-16-20/h7-16H,3-6,17-18H2,1-2H3. The van der Waals surface area contributed by atoms with Crippen LogP contribution in [0.2, 0.25) is 0 Å². The predicted molar refractivity (Wildman–Crippen MR) is 108 cm³/mol. The van der Waals surface area contributed by atoms with Crippen molar-refractivity contribution in [2.24, 2.45) is 0 Å². The molecule has 0 heterocycles. The summed E-state index contributed by atoms with van der Waals surface area (Å²) >= 11 is 3.36. The van der Waals surface area contributed by atoms with Crippen molar-refractivity contribution in [2.75, 3.05) is 22.9 Å². The molecule has 3 heteroatoms. The zero-order chi connectivity index (χ0) is 17.2. The Labute approximate surface area is 154 Å². The van der Waals surface area contributed by atoms with E-state index < -0.39 is 0 Å². The molecule has 0 aliphatic carbocycles. The molecule has 2 rings (SSSR count). The number of rotatable bonds is 10. The summed E-state index contributed by atoms with van der Waals surface area (Å²) in [5, 5.41) is 0. The molecule has 0 amide bonds. The van der Waals surface area contributed by atoms with Crippen LogP contribution in [0.1, 0.15) is 39.5 Å². The van der Waals surface area contributed by atoms with Crippen LogP contribution in [0, 0.1) is 0 Å². The fraction of sp³-hybridized carbons (Fsp3) is 0.381. The molecule has 0 atom stereocenters. The maximum absolute atomic E-state index is 3.36. The number of hydrogen-bond donors (Lipinski definition) is 0. The molecule has 0 aliphatic heterocycles. The second-order valence-electron chi connectivity index (χ2n) is 5.96. The SMILES string of the molecule is CCCCN(C(=[Se])N(CCCC)c1ccccc1)c1ccccc1. The number of unbranched alkanes of at least 4 members (excludes halogenated alkanes) is 2. The summed E-state index contributed by atoms with van der Waals surface area (Å²) in [6, 6.07) is 21.4. The van der Waals surface area contributed by atoms with Gasteiger partial charge >= 0.3 is 155 Å². The van der Waals surface area contributed by atoms with Crippen molar-refractivity contribution in [3.63, 3.8) is 0 Å². The van der Waals surface area contributed by atoms with Crippen molar-refractivity contribution in [1.29, 1.82) is 0 Å². The monoisotopic (exact) mass is 388 g/mol. The van der Waals surface area contributed by atoms with E-state index >= 15 is 0 Å². The van der Waals surface area contributed by atoms with Crippen LogP contribution in [0.25, 0.3) is 0 Å². The van der Waals surface area contributed by atoms with Gasteiger partial charge in [-0.1, -0.05) is 0 Å². The molecule has 0 fully saturated rings. The minimum atomic E-state index is 1.03. The second-order valence-corrected chi connectivity index (χ2v) is 6.73. The van der Waals surface area contributed by atoms with Crippen LogP contribution < -0.4 is 9.80 Å². The molecule has 0 aliphatic rings. The van der Waals surface area contributed by atoms with E-state index in [1.165, 1.54) is 41.7 Å². The number of para-hydroxylation sites is 2. The van der Waals surface area contributed by atoms with Gasteiger partial charge in [0.25, 0.3) is 0 Å². The fourth-order valence-electron chi connectivity index (χ4n) is 2.66. The van der Waals surface area contributed by atoms with Gasteiger partial charge in [-0.05, 0) is 0 Å². The van der Waals surface area contributed by atoms with Crippen LogP contribution in [0.15, 0.2) is 60.7 Å². The van der Waals surface area contributed by atoms with Gasteiger partial charge in [-0.3, -0.25) is 0 Å². The molecule has 0 N–H and O–H groups in total. The van der Waals surface area contributed by atoms with Gasteiger partial charge in [0.05, 0.1) is 0 Å². The zero-order valence-corrected chi connectivity index (χ0v) is 16.5. The average Bonchev–Trinajstić information content (AvgIpc) is 2.64. The maximum atomic E-state index is 3.36. The normalized spacial score (nSPS) is 10.4. The van der Waals surface area contributed by atoms with Crippen LogP contribution >= 0.6 is 0 Å². The van der Waals surface area contributed by atoms with Crippen LogP contribution in [0.3, 0.4) is 0 Å². The Hall–Kier alpha value is -1.57. The Kier molecular flexibility index (Phi) is 8.07. The fourth-order valence-corrected chi connectivity index (χ4v) is 3.49. The van der Waals surface area contributed by atoms with Crippen molar-refractivity contribution in [3.8, 4) is 0 Å². The van der Waals surface area contributed by atoms with Gasteiger partial charge < -0.3 is 0 Å². The first-order chi connectivity index (χ1) is 11.8. The number of benzene rings is 2. The van der Waals surface area contributed by atoms with Crippen LogP contribution in [-0.2, 0) is 0 Å². The molecule has 0 unspecified atom stereocenters. The third kappa shape index (κ3) is 5.22. The number of hydrogen-bond acceptors (Lipinski definition) is 2. The van der Waals surface area contributed by atoms with Gasteiger partial charge in [-0.15, -0.1) is 0 Å². The van der Waals surface area contributed by atoms with Crippen molar-refractivity contribution in [1.82, 2.24) is 0 Å². The van der Waals surface area contributed by atoms with E-state index in [0.717, 1.165) is 13.1 Å². The molecular formula is C21H28N2Se. The van der Waals surface area contributed by atoms with Gasteiger partial charge in [0.1, 0.15) is 0 Å². The Balaban J connectivity index is 2.29. The topological polar surface area (TPSA) is 6.48 Å². The van der Waals surface area contributed by atoms with Crippen LogP contribution in [0.5, 0.6) is 0 Å². The van der Waals surface area contributed by atoms with E-state index in [4.69, 9.17) is 0 Å². The molecule has 0 saturated carbocycles. The molecule has 2 aromatic carbocycles. The minimum absolute atomic E-state index is 1.03. The van der Waals surface area contributed by atoms with Crippen molar-refractivity contribution in [3.05, 3.63) is 60.7 Å². The van der Waals surface area contributed by atoms with Gasteiger partial charge in [-0.25, -0.2) is 0 Å². The first-order valence-electron chi connectivity index (χ1n) is 8.97. The molecule has 128 valence electrons. The van der Waals surface area contributed by atoms with Crippen LogP contribution in [-0.4, -0.2) is 33.3 Å². The summed E-state index contributed by atoms with van der Waals surface area (Å²) in [4.78, 5) is 4.82. The molecule has 0 saturated heterocycles. The van der Waals surface area contributed by atoms with Gasteiger partial charge in [0, 0.05) is 0 Å². The summed E-state index contributed by atoms with van der Waals surface area (Å²) < 4.78 is 1.19. The molecule has 0 aromatic heterocycles. The molecule has 0 bridgehead atoms. The van der Waals surface area contributed by atoms with Crippen molar-refractivity contribution >= 4 is 31.6 Å². The van der Waals surface area contributed by atoms with Gasteiger partial charge in [0.2, 0.25) is 0 Å². The number of anilines is 2. The van der Waals surface area contributed by atoms with Crippen LogP contribution in [0.4, 0.5) is 11.4 Å². The van der Waals surface area contributed by atoms with Crippen molar-refractivity contribution < 1.29 is 0 Å². The van der Waals surface area contributed by atoms with Crippen molar-refractivity contribution in [2.45, 2.75) is 39.5 Å². The summed E-state index contributed by atoms with van der Waals surface area (Å²) in [6.07, 6.45) is 4.74. The van der Waals surface area contributed by atoms with E-state index in [0.29, 0.717) is 0 Å². The molecule has 2 aromatic rings. The molecule has 0 spiro atoms. The Morgan fingerprint density at radius 3 is 1.42 bits per heavy atom. The Morgan fingerprint density at radius 2 is 1.08 bits per heavy atom. The summed E-state index contributed by atoms with van der Waals surface area (Å²) in [7, 11) is 0. The third-order valence-corrected chi connectivity index (χ3v) is 4.99. The summed E-state index contributed by atoms with van der Waals surface area (Å²) in [5.41, 5.74) is 2.49. The average molecular weight is 387 g/mol. The van der Waals surface area contributed by atoms with E-state index in [-0.39, 0.29) is 0 Å². The number of nitrogens with zero attached hydrogens (tertiary/aromatic N) is 2. The quantitative estimate of drug-likeness (QED) is 0.538. The first-order valence-corrected chi connectivity index (χ1v) is 9.82. The molecule has 24 heavy (non-hydrogen) atoms. The van der Waals surface area contributed by atoms with Gasteiger partial charge in [-0.2, -0.15) is 0 Å². The summed E-state index contributed by atoms with van der Waals surface area (Å²) in [6.45, 7) is 6.54. The zero-order valence-electron chi connectivity index (χ0n) is 14.8. The van der Waals surface area contributed by atoms with Gasteiger partial charge in [0.15, 0.2) is 0 Å². The van der Waals surface area contributed by atoms with E-state index in [1.807, 2.05) is 0 Å². The predicted octanol–water partition coefficient (Wildman–Crippen LogP) is 4.86. The van der Waals surface area contributed by atoms with E-state index in [2.05, 4.69) is 99.9 Å². The Morgan fingerprint density at radius 1 is 0.708 bits per heavy atom. The van der Waals surface area contributed by atoms with E-state index in [9.17, 15) is 0 Å². The molecular weight excluding hydrogens is 359 g/mol. The summed E-state index contributed by atoms with van der Waals surface area (Å²) in [5.74, 6) is 0. The third-order valence-electron chi connectivity index (χ3n) is 4.07. The molecule has 0 radical (unpaired) electrons. The first kappa shape index (κ1) is 18.8. The Bertz CT molecular complexity index is 544. The molecule has 2 nitrogen and oxygen atoms in total. The van der Waals surface area contributed by atoms with E-state index in [1.54, 1.807) is 0 Å². The second kappa shape index (κ2) is 10.3.